The van der Waals surface area contributed by atoms with Gasteiger partial charge in [0.05, 0.1) is 13.2 Å². The molecule has 0 aliphatic heterocycles. The van der Waals surface area contributed by atoms with Crippen molar-refractivity contribution in [1.82, 2.24) is 10.3 Å². The quantitative estimate of drug-likeness (QED) is 0.535. The highest BCUT2D eigenvalue weighted by atomic mass is 16.5. The lowest BCUT2D eigenvalue weighted by molar-refractivity contribution is 0.0953. The van der Waals surface area contributed by atoms with Gasteiger partial charge in [-0.3, -0.25) is 4.79 Å². The molecule has 5 nitrogen and oxygen atoms in total. The Labute approximate surface area is 166 Å². The van der Waals surface area contributed by atoms with Crippen LogP contribution in [0.25, 0.3) is 10.9 Å². The van der Waals surface area contributed by atoms with Crippen LogP contribution < -0.4 is 14.8 Å². The lowest BCUT2D eigenvalue weighted by Crippen LogP contribution is -2.25. The molecule has 2 N–H and O–H groups in total. The van der Waals surface area contributed by atoms with E-state index in [0.29, 0.717) is 36.8 Å². The number of hydrogen-bond donors (Lipinski definition) is 2. The van der Waals surface area contributed by atoms with Crippen LogP contribution in [-0.4, -0.2) is 30.6 Å². The Hall–Kier alpha value is -2.95. The highest BCUT2D eigenvalue weighted by Gasteiger charge is 2.12. The highest BCUT2D eigenvalue weighted by molar-refractivity contribution is 5.95. The average Bonchev–Trinajstić information content (AvgIpc) is 3.14. The zero-order chi connectivity index (χ0) is 19.8. The lowest BCUT2D eigenvalue weighted by atomic mass is 10.1. The number of hydrogen-bond acceptors (Lipinski definition) is 3. The maximum atomic E-state index is 12.6. The summed E-state index contributed by atoms with van der Waals surface area (Å²) in [6.45, 7) is 5.89. The van der Waals surface area contributed by atoms with Gasteiger partial charge in [0.2, 0.25) is 0 Å². The topological polar surface area (TPSA) is 63.3 Å². The zero-order valence-electron chi connectivity index (χ0n) is 16.6. The highest BCUT2D eigenvalue weighted by Crippen LogP contribution is 2.29. The lowest BCUT2D eigenvalue weighted by Gasteiger charge is -2.13. The maximum absolute atomic E-state index is 12.6. The monoisotopic (exact) mass is 380 g/mol. The van der Waals surface area contributed by atoms with Crippen molar-refractivity contribution in [3.63, 3.8) is 0 Å². The molecule has 1 heterocycles. The summed E-state index contributed by atoms with van der Waals surface area (Å²) in [6.07, 6.45) is 4.59. The number of ether oxygens (including phenoxy) is 2. The number of benzene rings is 2. The van der Waals surface area contributed by atoms with E-state index in [1.807, 2.05) is 31.3 Å². The molecule has 0 unspecified atom stereocenters. The Bertz CT molecular complexity index is 917. The van der Waals surface area contributed by atoms with Gasteiger partial charge in [0.25, 0.3) is 5.91 Å². The molecule has 3 aromatic rings. The SMILES string of the molecule is CCCOc1ccc(C(=O)NCCc2c[nH]c3ccccc23)cc1OCCC. The molecule has 0 saturated heterocycles. The van der Waals surface area contributed by atoms with Crippen molar-refractivity contribution in [2.75, 3.05) is 19.8 Å². The van der Waals surface area contributed by atoms with Crippen molar-refractivity contribution < 1.29 is 14.3 Å². The van der Waals surface area contributed by atoms with E-state index in [0.717, 1.165) is 24.8 Å². The average molecular weight is 380 g/mol. The van der Waals surface area contributed by atoms with Crippen LogP contribution in [0, 0.1) is 0 Å². The molecule has 0 aliphatic rings. The van der Waals surface area contributed by atoms with Crippen molar-refractivity contribution in [2.24, 2.45) is 0 Å². The maximum Gasteiger partial charge on any atom is 0.251 e. The van der Waals surface area contributed by atoms with E-state index in [4.69, 9.17) is 9.47 Å². The molecule has 0 bridgehead atoms. The minimum atomic E-state index is -0.108. The molecule has 0 atom stereocenters. The second kappa shape index (κ2) is 9.83. The summed E-state index contributed by atoms with van der Waals surface area (Å²) in [5.74, 6) is 1.20. The van der Waals surface area contributed by atoms with Gasteiger partial charge in [-0.1, -0.05) is 32.0 Å². The van der Waals surface area contributed by atoms with Crippen LogP contribution in [0.2, 0.25) is 0 Å². The summed E-state index contributed by atoms with van der Waals surface area (Å²) in [5.41, 5.74) is 2.89. The van der Waals surface area contributed by atoms with E-state index in [2.05, 4.69) is 29.4 Å². The van der Waals surface area contributed by atoms with Crippen LogP contribution >= 0.6 is 0 Å². The third-order valence-corrected chi connectivity index (χ3v) is 4.48. The number of H-pyrrole nitrogens is 1. The molecule has 0 aliphatic carbocycles. The van der Waals surface area contributed by atoms with Crippen molar-refractivity contribution in [1.29, 1.82) is 0 Å². The largest absolute Gasteiger partial charge is 0.490 e. The molecular formula is C23H28N2O3. The van der Waals surface area contributed by atoms with Gasteiger partial charge in [0.15, 0.2) is 11.5 Å². The van der Waals surface area contributed by atoms with E-state index < -0.39 is 0 Å². The zero-order valence-corrected chi connectivity index (χ0v) is 16.6. The predicted molar refractivity (Wildman–Crippen MR) is 112 cm³/mol. The standard InChI is InChI=1S/C23H28N2O3/c1-3-13-27-21-10-9-17(15-22(21)28-14-4-2)23(26)24-12-11-18-16-25-20-8-6-5-7-19(18)20/h5-10,15-16,25H,3-4,11-14H2,1-2H3,(H,24,26). The molecule has 0 fully saturated rings. The van der Waals surface area contributed by atoms with E-state index in [1.165, 1.54) is 10.9 Å². The van der Waals surface area contributed by atoms with Gasteiger partial charge in [-0.2, -0.15) is 0 Å². The van der Waals surface area contributed by atoms with Gasteiger partial charge in [-0.05, 0) is 49.1 Å². The number of aromatic amines is 1. The predicted octanol–water partition coefficient (Wildman–Crippen LogP) is 4.72. The number of nitrogens with one attached hydrogen (secondary N) is 2. The molecule has 1 aromatic heterocycles. The molecule has 0 saturated carbocycles. The summed E-state index contributed by atoms with van der Waals surface area (Å²) in [6, 6.07) is 13.5. The fourth-order valence-corrected chi connectivity index (χ4v) is 3.06. The molecular weight excluding hydrogens is 352 g/mol. The molecule has 0 radical (unpaired) electrons. The van der Waals surface area contributed by atoms with Crippen LogP contribution in [0.5, 0.6) is 11.5 Å². The van der Waals surface area contributed by atoms with Gasteiger partial charge < -0.3 is 19.8 Å². The first-order valence-corrected chi connectivity index (χ1v) is 9.95. The Morgan fingerprint density at radius 3 is 2.54 bits per heavy atom. The third-order valence-electron chi connectivity index (χ3n) is 4.48. The summed E-state index contributed by atoms with van der Waals surface area (Å²) >= 11 is 0. The number of carbonyl (C=O) groups excluding carboxylic acids is 1. The van der Waals surface area contributed by atoms with Crippen LogP contribution in [0.4, 0.5) is 0 Å². The van der Waals surface area contributed by atoms with Crippen LogP contribution in [0.3, 0.4) is 0 Å². The van der Waals surface area contributed by atoms with Crippen LogP contribution in [0.1, 0.15) is 42.6 Å². The summed E-state index contributed by atoms with van der Waals surface area (Å²) in [7, 11) is 0. The fraction of sp³-hybridized carbons (Fsp3) is 0.348. The first-order chi connectivity index (χ1) is 13.7. The van der Waals surface area contributed by atoms with Gasteiger partial charge in [0.1, 0.15) is 0 Å². The Morgan fingerprint density at radius 2 is 1.75 bits per heavy atom. The Kier molecular flexibility index (Phi) is 6.95. The van der Waals surface area contributed by atoms with Crippen molar-refractivity contribution in [3.05, 3.63) is 59.8 Å². The van der Waals surface area contributed by atoms with E-state index >= 15 is 0 Å². The van der Waals surface area contributed by atoms with Gasteiger partial charge in [-0.25, -0.2) is 0 Å². The number of amides is 1. The van der Waals surface area contributed by atoms with Crippen LogP contribution in [-0.2, 0) is 6.42 Å². The van der Waals surface area contributed by atoms with Crippen molar-refractivity contribution in [3.8, 4) is 11.5 Å². The normalized spacial score (nSPS) is 10.8. The van der Waals surface area contributed by atoms with E-state index in [1.54, 1.807) is 12.1 Å². The Morgan fingerprint density at radius 1 is 1.00 bits per heavy atom. The van der Waals surface area contributed by atoms with E-state index in [-0.39, 0.29) is 5.91 Å². The Balaban J connectivity index is 1.62. The molecule has 0 spiro atoms. The number of para-hydroxylation sites is 1. The molecule has 28 heavy (non-hydrogen) atoms. The molecule has 2 aromatic carbocycles. The summed E-state index contributed by atoms with van der Waals surface area (Å²) in [4.78, 5) is 15.8. The molecule has 5 heteroatoms. The minimum absolute atomic E-state index is 0.108. The molecule has 3 rings (SSSR count). The number of fused-ring (bicyclic) bond motifs is 1. The third kappa shape index (κ3) is 4.85. The summed E-state index contributed by atoms with van der Waals surface area (Å²) < 4.78 is 11.5. The van der Waals surface area contributed by atoms with Gasteiger partial charge >= 0.3 is 0 Å². The molecule has 1 amide bonds. The van der Waals surface area contributed by atoms with Crippen molar-refractivity contribution >= 4 is 16.8 Å². The summed E-state index contributed by atoms with van der Waals surface area (Å²) in [5, 5.41) is 4.20. The van der Waals surface area contributed by atoms with Crippen LogP contribution in [0.15, 0.2) is 48.7 Å². The number of carbonyl (C=O) groups is 1. The first-order valence-electron chi connectivity index (χ1n) is 9.95. The first kappa shape index (κ1) is 19.8. The fourth-order valence-electron chi connectivity index (χ4n) is 3.06. The smallest absolute Gasteiger partial charge is 0.251 e. The minimum Gasteiger partial charge on any atom is -0.490 e. The van der Waals surface area contributed by atoms with Gasteiger partial charge in [0, 0.05) is 29.2 Å². The second-order valence-electron chi connectivity index (χ2n) is 6.72. The molecule has 148 valence electrons. The van der Waals surface area contributed by atoms with Crippen molar-refractivity contribution in [2.45, 2.75) is 33.1 Å². The second-order valence-corrected chi connectivity index (χ2v) is 6.72. The van der Waals surface area contributed by atoms with E-state index in [9.17, 15) is 4.79 Å². The number of aromatic nitrogens is 1. The van der Waals surface area contributed by atoms with Gasteiger partial charge in [-0.15, -0.1) is 0 Å². The number of rotatable bonds is 10.